The number of rotatable bonds is 2. The highest BCUT2D eigenvalue weighted by molar-refractivity contribution is 6.30. The molecule has 1 atom stereocenters. The molecule has 0 saturated carbocycles. The zero-order valence-corrected chi connectivity index (χ0v) is 11.9. The average Bonchev–Trinajstić information content (AvgIpc) is 2.38. The maximum atomic E-state index is 12.3. The van der Waals surface area contributed by atoms with Gasteiger partial charge in [-0.3, -0.25) is 9.69 Å². The largest absolute Gasteiger partial charge is 0.340 e. The van der Waals surface area contributed by atoms with Crippen LogP contribution in [0.15, 0.2) is 23.3 Å². The zero-order valence-electron chi connectivity index (χ0n) is 11.1. The van der Waals surface area contributed by atoms with Gasteiger partial charge in [0.15, 0.2) is 0 Å². The Bertz CT molecular complexity index is 368. The molecule has 2 rings (SSSR count). The molecule has 0 aromatic rings. The quantitative estimate of drug-likeness (QED) is 0.767. The van der Waals surface area contributed by atoms with Crippen molar-refractivity contribution in [2.45, 2.75) is 26.3 Å². The van der Waals surface area contributed by atoms with E-state index >= 15 is 0 Å². The molecule has 100 valence electrons. The van der Waals surface area contributed by atoms with E-state index in [4.69, 9.17) is 11.6 Å². The van der Waals surface area contributed by atoms with Gasteiger partial charge in [0.2, 0.25) is 5.91 Å². The van der Waals surface area contributed by atoms with Crippen molar-refractivity contribution in [3.05, 3.63) is 23.3 Å². The van der Waals surface area contributed by atoms with E-state index in [0.29, 0.717) is 12.5 Å². The minimum absolute atomic E-state index is 0.0619. The van der Waals surface area contributed by atoms with Crippen molar-refractivity contribution >= 4 is 17.5 Å². The maximum absolute atomic E-state index is 12.3. The van der Waals surface area contributed by atoms with E-state index in [2.05, 4.69) is 18.7 Å². The van der Waals surface area contributed by atoms with Gasteiger partial charge in [-0.05, 0) is 26.3 Å². The fraction of sp³-hybridized carbons (Fsp3) is 0.643. The SMILES string of the molecule is CC(C)N1CCN(C(=O)C2C=CC=C(Cl)C2)CC1. The first-order valence-electron chi connectivity index (χ1n) is 6.63. The topological polar surface area (TPSA) is 23.6 Å². The molecule has 0 aromatic carbocycles. The van der Waals surface area contributed by atoms with Crippen LogP contribution in [0.3, 0.4) is 0 Å². The van der Waals surface area contributed by atoms with Crippen molar-refractivity contribution in [2.24, 2.45) is 5.92 Å². The van der Waals surface area contributed by atoms with Crippen molar-refractivity contribution in [1.29, 1.82) is 0 Å². The predicted octanol–water partition coefficient (Wildman–Crippen LogP) is 2.24. The Morgan fingerprint density at radius 3 is 2.56 bits per heavy atom. The minimum Gasteiger partial charge on any atom is -0.340 e. The maximum Gasteiger partial charge on any atom is 0.229 e. The number of hydrogen-bond donors (Lipinski definition) is 0. The fourth-order valence-electron chi connectivity index (χ4n) is 2.50. The first-order chi connectivity index (χ1) is 8.58. The molecule has 3 nitrogen and oxygen atoms in total. The summed E-state index contributed by atoms with van der Waals surface area (Å²) in [5, 5.41) is 0.775. The van der Waals surface area contributed by atoms with Gasteiger partial charge in [0.05, 0.1) is 5.92 Å². The number of hydrogen-bond acceptors (Lipinski definition) is 2. The average molecular weight is 269 g/mol. The molecule has 0 aromatic heterocycles. The summed E-state index contributed by atoms with van der Waals surface area (Å²) in [6.07, 6.45) is 6.37. The van der Waals surface area contributed by atoms with Gasteiger partial charge in [0.25, 0.3) is 0 Å². The van der Waals surface area contributed by atoms with Gasteiger partial charge in [-0.1, -0.05) is 23.8 Å². The summed E-state index contributed by atoms with van der Waals surface area (Å²) in [7, 11) is 0. The first kappa shape index (κ1) is 13.6. The van der Waals surface area contributed by atoms with Crippen molar-refractivity contribution < 1.29 is 4.79 Å². The molecule has 1 aliphatic carbocycles. The van der Waals surface area contributed by atoms with Crippen molar-refractivity contribution in [3.63, 3.8) is 0 Å². The van der Waals surface area contributed by atoms with Crippen LogP contribution in [-0.4, -0.2) is 47.9 Å². The molecule has 1 unspecified atom stereocenters. The number of carbonyl (C=O) groups is 1. The molecule has 1 amide bonds. The zero-order chi connectivity index (χ0) is 13.1. The van der Waals surface area contributed by atoms with Gasteiger partial charge in [-0.15, -0.1) is 0 Å². The van der Waals surface area contributed by atoms with Gasteiger partial charge < -0.3 is 4.90 Å². The van der Waals surface area contributed by atoms with E-state index in [1.54, 1.807) is 0 Å². The van der Waals surface area contributed by atoms with Crippen LogP contribution in [0.25, 0.3) is 0 Å². The molecule has 1 aliphatic heterocycles. The lowest BCUT2D eigenvalue weighted by Crippen LogP contribution is -2.52. The highest BCUT2D eigenvalue weighted by Crippen LogP contribution is 2.23. The Labute approximate surface area is 114 Å². The van der Waals surface area contributed by atoms with Crippen LogP contribution in [0.1, 0.15) is 20.3 Å². The van der Waals surface area contributed by atoms with Crippen LogP contribution < -0.4 is 0 Å². The number of piperazine rings is 1. The number of allylic oxidation sites excluding steroid dienone is 3. The van der Waals surface area contributed by atoms with Crippen LogP contribution in [0.4, 0.5) is 0 Å². The van der Waals surface area contributed by atoms with Gasteiger partial charge in [-0.2, -0.15) is 0 Å². The third-order valence-corrected chi connectivity index (χ3v) is 3.99. The van der Waals surface area contributed by atoms with Crippen molar-refractivity contribution in [1.82, 2.24) is 9.80 Å². The van der Waals surface area contributed by atoms with Crippen LogP contribution >= 0.6 is 11.6 Å². The second kappa shape index (κ2) is 5.89. The Morgan fingerprint density at radius 1 is 1.33 bits per heavy atom. The molecular formula is C14H21ClN2O. The highest BCUT2D eigenvalue weighted by Gasteiger charge is 2.27. The van der Waals surface area contributed by atoms with E-state index < -0.39 is 0 Å². The van der Waals surface area contributed by atoms with Gasteiger partial charge >= 0.3 is 0 Å². The molecular weight excluding hydrogens is 248 g/mol. The summed E-state index contributed by atoms with van der Waals surface area (Å²) in [5.74, 6) is 0.161. The Hall–Kier alpha value is -0.800. The normalized spacial score (nSPS) is 25.4. The molecule has 2 aliphatic rings. The summed E-state index contributed by atoms with van der Waals surface area (Å²) in [4.78, 5) is 16.7. The molecule has 4 heteroatoms. The number of amides is 1. The van der Waals surface area contributed by atoms with E-state index in [9.17, 15) is 4.79 Å². The third kappa shape index (κ3) is 3.15. The number of carbonyl (C=O) groups excluding carboxylic acids is 1. The molecule has 0 spiro atoms. The van der Waals surface area contributed by atoms with Crippen LogP contribution in [-0.2, 0) is 4.79 Å². The molecule has 0 bridgehead atoms. The molecule has 18 heavy (non-hydrogen) atoms. The van der Waals surface area contributed by atoms with Crippen molar-refractivity contribution in [2.75, 3.05) is 26.2 Å². The Kier molecular flexibility index (Phi) is 4.46. The van der Waals surface area contributed by atoms with E-state index in [0.717, 1.165) is 31.2 Å². The number of halogens is 1. The Balaban J connectivity index is 1.88. The third-order valence-electron chi connectivity index (χ3n) is 3.71. The molecule has 1 saturated heterocycles. The van der Waals surface area contributed by atoms with Gasteiger partial charge in [0.1, 0.15) is 0 Å². The molecule has 0 radical (unpaired) electrons. The fourth-order valence-corrected chi connectivity index (χ4v) is 2.74. The number of nitrogens with zero attached hydrogens (tertiary/aromatic N) is 2. The summed E-state index contributed by atoms with van der Waals surface area (Å²) >= 11 is 5.99. The van der Waals surface area contributed by atoms with Crippen LogP contribution in [0, 0.1) is 5.92 Å². The summed E-state index contributed by atoms with van der Waals surface area (Å²) in [6, 6.07) is 0.564. The summed E-state index contributed by atoms with van der Waals surface area (Å²) in [5.41, 5.74) is 0. The summed E-state index contributed by atoms with van der Waals surface area (Å²) < 4.78 is 0. The lowest BCUT2D eigenvalue weighted by molar-refractivity contribution is -0.136. The standard InChI is InChI=1S/C14H21ClN2O/c1-11(2)16-6-8-17(9-7-16)14(18)12-4-3-5-13(15)10-12/h3-5,11-12H,6-10H2,1-2H3. The predicted molar refractivity (Wildman–Crippen MR) is 74.5 cm³/mol. The van der Waals surface area contributed by atoms with Crippen LogP contribution in [0.2, 0.25) is 0 Å². The second-order valence-electron chi connectivity index (χ2n) is 5.26. The van der Waals surface area contributed by atoms with E-state index in [1.165, 1.54) is 0 Å². The van der Waals surface area contributed by atoms with Gasteiger partial charge in [-0.25, -0.2) is 0 Å². The lowest BCUT2D eigenvalue weighted by atomic mass is 9.98. The lowest BCUT2D eigenvalue weighted by Gasteiger charge is -2.38. The summed E-state index contributed by atoms with van der Waals surface area (Å²) in [6.45, 7) is 8.02. The smallest absolute Gasteiger partial charge is 0.229 e. The highest BCUT2D eigenvalue weighted by atomic mass is 35.5. The molecule has 1 heterocycles. The molecule has 1 fully saturated rings. The van der Waals surface area contributed by atoms with Crippen LogP contribution in [0.5, 0.6) is 0 Å². The van der Waals surface area contributed by atoms with E-state index in [-0.39, 0.29) is 11.8 Å². The molecule has 0 N–H and O–H groups in total. The van der Waals surface area contributed by atoms with E-state index in [1.807, 2.05) is 23.1 Å². The van der Waals surface area contributed by atoms with Crippen molar-refractivity contribution in [3.8, 4) is 0 Å². The second-order valence-corrected chi connectivity index (χ2v) is 5.75. The Morgan fingerprint density at radius 2 is 2.00 bits per heavy atom. The monoisotopic (exact) mass is 268 g/mol. The van der Waals surface area contributed by atoms with Gasteiger partial charge in [0, 0.05) is 37.3 Å². The minimum atomic E-state index is -0.0619. The first-order valence-corrected chi connectivity index (χ1v) is 7.01.